The molecule has 81 heavy (non-hydrogen) atoms. The summed E-state index contributed by atoms with van der Waals surface area (Å²) in [6.45, 7) is 18.6. The fourth-order valence-corrected chi connectivity index (χ4v) is 13.6. The van der Waals surface area contributed by atoms with Crippen molar-refractivity contribution in [1.82, 2.24) is 10.2 Å². The maximum absolute atomic E-state index is 13.2. The first-order chi connectivity index (χ1) is 39.5. The predicted molar refractivity (Wildman–Crippen MR) is 304 cm³/mol. The van der Waals surface area contributed by atoms with Gasteiger partial charge in [-0.2, -0.15) is 0 Å². The zero-order chi connectivity index (χ0) is 57.6. The summed E-state index contributed by atoms with van der Waals surface area (Å²) in [6.07, 6.45) is 2.42. The number of fused-ring (bicyclic) bond motifs is 1. The Bertz CT molecular complexity index is 2220. The molecular formula is C59H87N3O18Si. The Hall–Kier alpha value is -4.89. The van der Waals surface area contributed by atoms with Crippen molar-refractivity contribution in [1.29, 1.82) is 0 Å². The molecule has 0 aromatic heterocycles. The van der Waals surface area contributed by atoms with Crippen LogP contribution in [-0.4, -0.2) is 214 Å². The lowest BCUT2D eigenvalue weighted by atomic mass is 10.0. The number of anilines is 1. The van der Waals surface area contributed by atoms with Gasteiger partial charge in [0.1, 0.15) is 6.04 Å². The minimum absolute atomic E-state index is 0.0245. The van der Waals surface area contributed by atoms with Gasteiger partial charge in [0.05, 0.1) is 175 Å². The van der Waals surface area contributed by atoms with Crippen LogP contribution in [0.5, 0.6) is 0 Å². The Kier molecular flexibility index (Phi) is 32.7. The molecule has 5 rings (SSSR count). The molecule has 2 aliphatic heterocycles. The molecule has 2 aliphatic rings. The van der Waals surface area contributed by atoms with Crippen LogP contribution in [0.2, 0.25) is 5.04 Å². The summed E-state index contributed by atoms with van der Waals surface area (Å²) in [5.41, 5.74) is 0.373. The SMILES string of the molecule is CC(C)(C)[Si](OCCOCCOCCOCCOCCOCCOCCOCCOCCOCCOCCOCCOCCCCCC(=O)Nc1cccc2c1C(=O)N(C1CCC(=O)NC1=O)C2=O)(c1ccccc1)c1ccccc1. The second-order valence-electron chi connectivity index (χ2n) is 19.9. The van der Waals surface area contributed by atoms with Crippen LogP contribution in [0, 0.1) is 0 Å². The van der Waals surface area contributed by atoms with E-state index < -0.39 is 38.0 Å². The topological polar surface area (TPSA) is 233 Å². The first-order valence-electron chi connectivity index (χ1n) is 28.4. The maximum atomic E-state index is 13.2. The number of imide groups is 2. The highest BCUT2D eigenvalue weighted by atomic mass is 28.4. The van der Waals surface area contributed by atoms with E-state index in [4.69, 9.17) is 61.3 Å². The van der Waals surface area contributed by atoms with E-state index in [1.165, 1.54) is 16.4 Å². The van der Waals surface area contributed by atoms with Crippen LogP contribution in [0.3, 0.4) is 0 Å². The largest absolute Gasteiger partial charge is 0.405 e. The Labute approximate surface area is 478 Å². The van der Waals surface area contributed by atoms with Gasteiger partial charge in [0.15, 0.2) is 0 Å². The maximum Gasteiger partial charge on any atom is 0.264 e. The van der Waals surface area contributed by atoms with Gasteiger partial charge in [0.25, 0.3) is 20.1 Å². The number of benzene rings is 3. The van der Waals surface area contributed by atoms with E-state index >= 15 is 0 Å². The summed E-state index contributed by atoms with van der Waals surface area (Å²) in [5, 5.41) is 7.36. The van der Waals surface area contributed by atoms with Crippen LogP contribution in [0.25, 0.3) is 0 Å². The van der Waals surface area contributed by atoms with Gasteiger partial charge in [-0.05, 0) is 46.8 Å². The molecule has 0 saturated carbocycles. The molecule has 3 aromatic rings. The fraction of sp³-hybridized carbons (Fsp3) is 0.610. The van der Waals surface area contributed by atoms with Gasteiger partial charge in [-0.3, -0.25) is 34.2 Å². The van der Waals surface area contributed by atoms with Crippen LogP contribution in [0.4, 0.5) is 5.69 Å². The first-order valence-corrected chi connectivity index (χ1v) is 30.3. The van der Waals surface area contributed by atoms with Gasteiger partial charge in [0, 0.05) is 19.4 Å². The van der Waals surface area contributed by atoms with E-state index in [-0.39, 0.29) is 47.0 Å². The van der Waals surface area contributed by atoms with E-state index in [0.29, 0.717) is 172 Å². The van der Waals surface area contributed by atoms with E-state index in [2.05, 4.69) is 79.9 Å². The standard InChI is InChI=1S/C59H87N3O18Si/c1-59(2,3)81(48-14-7-4-8-15-48,49-16-9-5-10-17-49)80-47-46-79-45-44-78-43-42-77-41-40-76-39-38-75-37-36-74-35-34-73-33-32-72-31-30-71-29-28-70-27-26-69-25-24-68-23-12-6-11-20-53(63)60-51-19-13-18-50-55(51)58(67)62(57(50)66)52-21-22-54(64)61-56(52)65/h4-5,7-10,13-19,52H,6,11-12,20-47H2,1-3H3,(H,60,63)(H,61,64,65). The third-order valence-corrected chi connectivity index (χ3v) is 18.0. The van der Waals surface area contributed by atoms with Crippen molar-refractivity contribution < 1.29 is 85.2 Å². The number of nitrogens with one attached hydrogen (secondary N) is 2. The molecule has 0 bridgehead atoms. The number of carbonyl (C=O) groups excluding carboxylic acids is 5. The monoisotopic (exact) mass is 1150 g/mol. The molecule has 1 atom stereocenters. The van der Waals surface area contributed by atoms with E-state index in [1.54, 1.807) is 12.1 Å². The highest BCUT2D eigenvalue weighted by molar-refractivity contribution is 6.99. The van der Waals surface area contributed by atoms with Crippen molar-refractivity contribution >= 4 is 53.9 Å². The second kappa shape index (κ2) is 39.6. The number of carbonyl (C=O) groups is 5. The van der Waals surface area contributed by atoms with E-state index in [9.17, 15) is 24.0 Å². The summed E-state index contributed by atoms with van der Waals surface area (Å²) in [4.78, 5) is 63.8. The molecule has 2 N–H and O–H groups in total. The van der Waals surface area contributed by atoms with Crippen molar-refractivity contribution in [2.75, 3.05) is 170 Å². The number of unbranched alkanes of at least 4 members (excludes halogenated alkanes) is 2. The number of hydrogen-bond acceptors (Lipinski definition) is 18. The van der Waals surface area contributed by atoms with Crippen molar-refractivity contribution in [3.8, 4) is 0 Å². The van der Waals surface area contributed by atoms with Gasteiger partial charge in [-0.15, -0.1) is 0 Å². The van der Waals surface area contributed by atoms with Gasteiger partial charge in [-0.25, -0.2) is 0 Å². The number of rotatable bonds is 47. The Balaban J connectivity index is 0.684. The van der Waals surface area contributed by atoms with Gasteiger partial charge < -0.3 is 66.6 Å². The lowest BCUT2D eigenvalue weighted by Gasteiger charge is -2.43. The zero-order valence-electron chi connectivity index (χ0n) is 47.8. The number of hydrogen-bond donors (Lipinski definition) is 2. The minimum Gasteiger partial charge on any atom is -0.405 e. The van der Waals surface area contributed by atoms with Crippen LogP contribution in [-0.2, 0) is 75.7 Å². The van der Waals surface area contributed by atoms with Crippen LogP contribution in [0.15, 0.2) is 78.9 Å². The first kappa shape index (κ1) is 66.9. The summed E-state index contributed by atoms with van der Waals surface area (Å²) >= 11 is 0. The summed E-state index contributed by atoms with van der Waals surface area (Å²) in [5.74, 6) is -2.73. The van der Waals surface area contributed by atoms with Gasteiger partial charge >= 0.3 is 0 Å². The molecule has 0 spiro atoms. The van der Waals surface area contributed by atoms with Crippen molar-refractivity contribution in [3.63, 3.8) is 0 Å². The molecule has 0 aliphatic carbocycles. The van der Waals surface area contributed by atoms with Crippen molar-refractivity contribution in [2.24, 2.45) is 0 Å². The van der Waals surface area contributed by atoms with Crippen molar-refractivity contribution in [3.05, 3.63) is 90.0 Å². The molecule has 2 heterocycles. The number of ether oxygens (including phenoxy) is 12. The normalized spacial score (nSPS) is 14.7. The van der Waals surface area contributed by atoms with Crippen LogP contribution in [0.1, 0.15) is 80.0 Å². The highest BCUT2D eigenvalue weighted by Gasteiger charge is 2.50. The van der Waals surface area contributed by atoms with E-state index in [1.807, 2.05) is 12.1 Å². The van der Waals surface area contributed by atoms with Crippen molar-refractivity contribution in [2.45, 2.75) is 70.4 Å². The quantitative estimate of drug-likeness (QED) is 0.0454. The Morgan fingerprint density at radius 1 is 0.494 bits per heavy atom. The third-order valence-electron chi connectivity index (χ3n) is 13.0. The average molecular weight is 1150 g/mol. The lowest BCUT2D eigenvalue weighted by molar-refractivity contribution is -0.136. The number of amides is 5. The van der Waals surface area contributed by atoms with E-state index in [0.717, 1.165) is 17.7 Å². The molecule has 3 aromatic carbocycles. The Morgan fingerprint density at radius 3 is 1.28 bits per heavy atom. The molecule has 1 unspecified atom stereocenters. The smallest absolute Gasteiger partial charge is 0.264 e. The summed E-state index contributed by atoms with van der Waals surface area (Å²) in [6, 6.07) is 24.7. The molecule has 0 radical (unpaired) electrons. The minimum atomic E-state index is -2.56. The number of piperidine rings is 1. The molecule has 5 amide bonds. The predicted octanol–water partition coefficient (Wildman–Crippen LogP) is 4.36. The Morgan fingerprint density at radius 2 is 0.889 bits per heavy atom. The summed E-state index contributed by atoms with van der Waals surface area (Å²) in [7, 11) is -2.56. The number of nitrogens with zero attached hydrogens (tertiary/aromatic N) is 1. The molecule has 1 saturated heterocycles. The second-order valence-corrected chi connectivity index (χ2v) is 24.2. The summed E-state index contributed by atoms with van der Waals surface area (Å²) < 4.78 is 74.0. The molecule has 1 fully saturated rings. The molecule has 21 nitrogen and oxygen atoms in total. The zero-order valence-corrected chi connectivity index (χ0v) is 48.8. The lowest BCUT2D eigenvalue weighted by Crippen LogP contribution is -2.66. The highest BCUT2D eigenvalue weighted by Crippen LogP contribution is 2.37. The van der Waals surface area contributed by atoms with Gasteiger partial charge in [0.2, 0.25) is 17.7 Å². The van der Waals surface area contributed by atoms with Crippen LogP contribution < -0.4 is 21.0 Å². The molecule has 450 valence electrons. The van der Waals surface area contributed by atoms with Gasteiger partial charge in [-0.1, -0.05) is 93.9 Å². The average Bonchev–Trinajstić information content (AvgIpc) is 3.70. The molecule has 22 heteroatoms. The molecular weight excluding hydrogens is 1070 g/mol. The third kappa shape index (κ3) is 24.1. The van der Waals surface area contributed by atoms with Crippen LogP contribution >= 0.6 is 0 Å². The fourth-order valence-electron chi connectivity index (χ4n) is 9.03.